The first-order chi connectivity index (χ1) is 14.9. The van der Waals surface area contributed by atoms with Gasteiger partial charge in [0.2, 0.25) is 11.8 Å². The highest BCUT2D eigenvalue weighted by Crippen LogP contribution is 2.42. The molecule has 2 atom stereocenters. The second-order valence-electron chi connectivity index (χ2n) is 8.30. The molecule has 2 aromatic rings. The van der Waals surface area contributed by atoms with Crippen LogP contribution in [-0.2, 0) is 16.1 Å². The average molecular weight is 461 g/mol. The summed E-state index contributed by atoms with van der Waals surface area (Å²) in [5, 5.41) is 2.91. The van der Waals surface area contributed by atoms with Gasteiger partial charge in [-0.05, 0) is 42.7 Å². The van der Waals surface area contributed by atoms with Crippen LogP contribution < -0.4 is 10.2 Å². The van der Waals surface area contributed by atoms with Gasteiger partial charge >= 0.3 is 0 Å². The third kappa shape index (κ3) is 4.90. The maximum Gasteiger partial charge on any atom is 0.241 e. The number of nitrogens with one attached hydrogen (secondary N) is 1. The van der Waals surface area contributed by atoms with E-state index in [-0.39, 0.29) is 29.4 Å². The van der Waals surface area contributed by atoms with Gasteiger partial charge in [0.15, 0.2) is 0 Å². The molecule has 2 aromatic carbocycles. The molecule has 2 amide bonds. The zero-order chi connectivity index (χ0) is 22.0. The summed E-state index contributed by atoms with van der Waals surface area (Å²) in [6.45, 7) is 2.05. The van der Waals surface area contributed by atoms with E-state index in [1.165, 1.54) is 30.3 Å². The number of rotatable bonds is 5. The molecule has 1 heterocycles. The Kier molecular flexibility index (Phi) is 6.87. The molecule has 0 saturated heterocycles. The van der Waals surface area contributed by atoms with E-state index >= 15 is 0 Å². The first-order valence-corrected chi connectivity index (χ1v) is 12.0. The van der Waals surface area contributed by atoms with Crippen molar-refractivity contribution < 1.29 is 14.0 Å². The summed E-state index contributed by atoms with van der Waals surface area (Å²) in [6, 6.07) is 12.1. The molecule has 0 aromatic heterocycles. The van der Waals surface area contributed by atoms with Crippen LogP contribution in [-0.4, -0.2) is 23.1 Å². The number of carbonyl (C=O) groups excluding carboxylic acids is 2. The van der Waals surface area contributed by atoms with Gasteiger partial charge < -0.3 is 10.2 Å². The number of hydrogen-bond donors (Lipinski definition) is 1. The number of benzene rings is 2. The summed E-state index contributed by atoms with van der Waals surface area (Å²) in [5.41, 5.74) is 1.45. The maximum absolute atomic E-state index is 13.5. The lowest BCUT2D eigenvalue weighted by Crippen LogP contribution is -2.49. The van der Waals surface area contributed by atoms with E-state index in [0.717, 1.165) is 36.3 Å². The molecule has 4 nitrogen and oxygen atoms in total. The Morgan fingerprint density at radius 2 is 1.97 bits per heavy atom. The molecule has 0 spiro atoms. The van der Waals surface area contributed by atoms with Gasteiger partial charge in [-0.15, -0.1) is 11.8 Å². The topological polar surface area (TPSA) is 49.4 Å². The molecule has 31 heavy (non-hydrogen) atoms. The summed E-state index contributed by atoms with van der Waals surface area (Å²) in [7, 11) is 0. The Labute approximate surface area is 191 Å². The molecule has 1 aliphatic carbocycles. The van der Waals surface area contributed by atoms with Crippen LogP contribution in [0.4, 0.5) is 10.1 Å². The van der Waals surface area contributed by atoms with Gasteiger partial charge in [-0.3, -0.25) is 9.59 Å². The zero-order valence-corrected chi connectivity index (χ0v) is 19.0. The second-order valence-corrected chi connectivity index (χ2v) is 9.89. The molecular weight excluding hydrogens is 435 g/mol. The van der Waals surface area contributed by atoms with Gasteiger partial charge in [0.1, 0.15) is 11.1 Å². The fourth-order valence-electron chi connectivity index (χ4n) is 4.26. The summed E-state index contributed by atoms with van der Waals surface area (Å²) in [6.07, 6.45) is 5.49. The van der Waals surface area contributed by atoms with Crippen molar-refractivity contribution in [3.05, 3.63) is 58.9 Å². The molecule has 0 unspecified atom stereocenters. The average Bonchev–Trinajstić information content (AvgIpc) is 2.77. The van der Waals surface area contributed by atoms with Crippen LogP contribution in [0.25, 0.3) is 0 Å². The van der Waals surface area contributed by atoms with E-state index in [0.29, 0.717) is 5.56 Å². The zero-order valence-electron chi connectivity index (χ0n) is 17.4. The van der Waals surface area contributed by atoms with Crippen LogP contribution in [0.5, 0.6) is 0 Å². The van der Waals surface area contributed by atoms with Gasteiger partial charge in [-0.2, -0.15) is 0 Å². The Morgan fingerprint density at radius 1 is 1.23 bits per heavy atom. The SMILES string of the molecule is C[C@@H](C(=O)NC1CCCCC1)[C@H]1Sc2ccccc2N(Cc2ccc(F)cc2Cl)C1=O. The largest absolute Gasteiger partial charge is 0.353 e. The highest BCUT2D eigenvalue weighted by atomic mass is 35.5. The summed E-state index contributed by atoms with van der Waals surface area (Å²) < 4.78 is 13.5. The normalized spacial score (nSPS) is 20.3. The van der Waals surface area contributed by atoms with Gasteiger partial charge in [-0.25, -0.2) is 4.39 Å². The smallest absolute Gasteiger partial charge is 0.241 e. The fraction of sp³-hybridized carbons (Fsp3) is 0.417. The quantitative estimate of drug-likeness (QED) is 0.634. The minimum atomic E-state index is -0.530. The third-order valence-corrected chi connectivity index (χ3v) is 7.90. The van der Waals surface area contributed by atoms with Crippen LogP contribution >= 0.6 is 23.4 Å². The van der Waals surface area contributed by atoms with Crippen molar-refractivity contribution in [1.29, 1.82) is 0 Å². The number of para-hydroxylation sites is 1. The molecule has 164 valence electrons. The predicted molar refractivity (Wildman–Crippen MR) is 123 cm³/mol. The van der Waals surface area contributed by atoms with Crippen molar-refractivity contribution in [2.24, 2.45) is 5.92 Å². The number of nitrogens with zero attached hydrogens (tertiary/aromatic N) is 1. The number of hydrogen-bond acceptors (Lipinski definition) is 3. The number of anilines is 1. The molecule has 7 heteroatoms. The molecule has 2 aliphatic rings. The molecule has 4 rings (SSSR count). The number of thioether (sulfide) groups is 1. The van der Waals surface area contributed by atoms with Crippen molar-refractivity contribution in [2.45, 2.75) is 61.8 Å². The standard InChI is InChI=1S/C24H26ClFN2O2S/c1-15(23(29)27-18-7-3-2-4-8-18)22-24(30)28(20-9-5-6-10-21(20)31-22)14-16-11-12-17(26)13-19(16)25/h5-6,9-13,15,18,22H,2-4,7-8,14H2,1H3,(H,27,29)/t15-,22-/m1/s1. The fourth-order valence-corrected chi connectivity index (χ4v) is 5.77. The third-order valence-electron chi connectivity index (χ3n) is 6.08. The molecule has 1 fully saturated rings. The van der Waals surface area contributed by atoms with E-state index in [1.54, 1.807) is 11.0 Å². The first-order valence-electron chi connectivity index (χ1n) is 10.8. The van der Waals surface area contributed by atoms with Crippen LogP contribution in [0, 0.1) is 11.7 Å². The van der Waals surface area contributed by atoms with E-state index in [2.05, 4.69) is 5.32 Å². The lowest BCUT2D eigenvalue weighted by Gasteiger charge is -2.36. The Morgan fingerprint density at radius 3 is 2.71 bits per heavy atom. The Bertz CT molecular complexity index is 980. The molecular formula is C24H26ClFN2O2S. The van der Waals surface area contributed by atoms with E-state index < -0.39 is 17.0 Å². The molecule has 0 bridgehead atoms. The maximum atomic E-state index is 13.5. The second kappa shape index (κ2) is 9.61. The lowest BCUT2D eigenvalue weighted by atomic mass is 9.94. The van der Waals surface area contributed by atoms with Crippen LogP contribution in [0.15, 0.2) is 47.4 Å². The number of halogens is 2. The van der Waals surface area contributed by atoms with Crippen LogP contribution in [0.2, 0.25) is 5.02 Å². The van der Waals surface area contributed by atoms with Gasteiger partial charge in [0, 0.05) is 16.0 Å². The van der Waals surface area contributed by atoms with Crippen molar-refractivity contribution in [3.8, 4) is 0 Å². The summed E-state index contributed by atoms with van der Waals surface area (Å²) in [4.78, 5) is 29.1. The van der Waals surface area contributed by atoms with Crippen molar-refractivity contribution in [1.82, 2.24) is 5.32 Å². The lowest BCUT2D eigenvalue weighted by molar-refractivity contribution is -0.129. The highest BCUT2D eigenvalue weighted by Gasteiger charge is 2.40. The molecule has 1 N–H and O–H groups in total. The highest BCUT2D eigenvalue weighted by molar-refractivity contribution is 8.01. The van der Waals surface area contributed by atoms with Crippen molar-refractivity contribution in [3.63, 3.8) is 0 Å². The molecule has 0 radical (unpaired) electrons. The minimum absolute atomic E-state index is 0.0723. The Balaban J connectivity index is 1.57. The number of carbonyl (C=O) groups is 2. The molecule has 1 aliphatic heterocycles. The van der Waals surface area contributed by atoms with Gasteiger partial charge in [0.25, 0.3) is 0 Å². The monoisotopic (exact) mass is 460 g/mol. The number of amides is 2. The molecule has 1 saturated carbocycles. The van der Waals surface area contributed by atoms with E-state index in [9.17, 15) is 14.0 Å². The van der Waals surface area contributed by atoms with Crippen LogP contribution in [0.1, 0.15) is 44.6 Å². The van der Waals surface area contributed by atoms with Crippen molar-refractivity contribution in [2.75, 3.05) is 4.90 Å². The van der Waals surface area contributed by atoms with E-state index in [1.807, 2.05) is 31.2 Å². The van der Waals surface area contributed by atoms with Gasteiger partial charge in [0.05, 0.1) is 18.2 Å². The number of fused-ring (bicyclic) bond motifs is 1. The summed E-state index contributed by atoms with van der Waals surface area (Å²) in [5.74, 6) is -1.09. The Hall–Kier alpha value is -2.05. The van der Waals surface area contributed by atoms with Crippen LogP contribution in [0.3, 0.4) is 0 Å². The van der Waals surface area contributed by atoms with E-state index in [4.69, 9.17) is 11.6 Å². The van der Waals surface area contributed by atoms with Crippen molar-refractivity contribution >= 4 is 40.9 Å². The van der Waals surface area contributed by atoms with Gasteiger partial charge in [-0.1, -0.05) is 56.0 Å². The summed E-state index contributed by atoms with van der Waals surface area (Å²) >= 11 is 7.67. The predicted octanol–water partition coefficient (Wildman–Crippen LogP) is 5.57. The first kappa shape index (κ1) is 22.2. The minimum Gasteiger partial charge on any atom is -0.353 e.